The highest BCUT2D eigenvalue weighted by molar-refractivity contribution is 7.99. The zero-order chi connectivity index (χ0) is 11.3. The highest BCUT2D eigenvalue weighted by Crippen LogP contribution is 2.15. The molecule has 3 nitrogen and oxygen atoms in total. The Hall–Kier alpha value is -0.220. The van der Waals surface area contributed by atoms with E-state index in [-0.39, 0.29) is 11.9 Å². The lowest BCUT2D eigenvalue weighted by molar-refractivity contribution is -0.135. The van der Waals surface area contributed by atoms with Crippen LogP contribution in [0.1, 0.15) is 26.2 Å². The van der Waals surface area contributed by atoms with Crippen LogP contribution in [0.4, 0.5) is 0 Å². The number of rotatable bonds is 5. The highest BCUT2D eigenvalue weighted by atomic mass is 32.2. The molecule has 0 aromatic heterocycles. The third kappa shape index (κ3) is 3.68. The number of nitrogens with one attached hydrogen (secondary N) is 1. The average Bonchev–Trinajstić information content (AvgIpc) is 2.27. The maximum atomic E-state index is 11.9. The van der Waals surface area contributed by atoms with Crippen molar-refractivity contribution in [2.45, 2.75) is 37.5 Å². The van der Waals surface area contributed by atoms with Crippen LogP contribution in [0, 0.1) is 0 Å². The van der Waals surface area contributed by atoms with Gasteiger partial charge in [0.15, 0.2) is 0 Å². The fraction of sp³-hybridized carbons (Fsp3) is 0.909. The molecular formula is C11H22N2OS. The van der Waals surface area contributed by atoms with Crippen LogP contribution in [0.5, 0.6) is 0 Å². The van der Waals surface area contributed by atoms with Crippen LogP contribution in [-0.2, 0) is 4.79 Å². The third-order valence-corrected chi connectivity index (χ3v) is 4.13. The van der Waals surface area contributed by atoms with Crippen LogP contribution in [0.15, 0.2) is 0 Å². The first-order valence-corrected chi connectivity index (χ1v) is 6.96. The van der Waals surface area contributed by atoms with Gasteiger partial charge in [-0.25, -0.2) is 0 Å². The second kappa shape index (κ2) is 6.38. The minimum Gasteiger partial charge on any atom is -0.341 e. The van der Waals surface area contributed by atoms with E-state index >= 15 is 0 Å². The van der Waals surface area contributed by atoms with Crippen molar-refractivity contribution in [2.24, 2.45) is 0 Å². The molecule has 1 aliphatic heterocycles. The van der Waals surface area contributed by atoms with Gasteiger partial charge in [-0.3, -0.25) is 4.79 Å². The lowest BCUT2D eigenvalue weighted by atomic mass is 10.0. The van der Waals surface area contributed by atoms with Gasteiger partial charge in [-0.1, -0.05) is 6.92 Å². The molecule has 0 radical (unpaired) electrons. The van der Waals surface area contributed by atoms with Crippen LogP contribution in [0.2, 0.25) is 0 Å². The minimum atomic E-state index is 0.0586. The summed E-state index contributed by atoms with van der Waals surface area (Å²) < 4.78 is 0. The van der Waals surface area contributed by atoms with Crippen molar-refractivity contribution in [2.75, 3.05) is 26.4 Å². The Morgan fingerprint density at radius 2 is 2.40 bits per heavy atom. The smallest absolute Gasteiger partial charge is 0.239 e. The van der Waals surface area contributed by atoms with Gasteiger partial charge in [0, 0.05) is 18.3 Å². The zero-order valence-electron chi connectivity index (χ0n) is 9.95. The predicted molar refractivity (Wildman–Crippen MR) is 66.3 cm³/mol. The van der Waals surface area contributed by atoms with Crippen LogP contribution >= 0.6 is 11.8 Å². The summed E-state index contributed by atoms with van der Waals surface area (Å²) in [5, 5.41) is 3.73. The van der Waals surface area contributed by atoms with Gasteiger partial charge in [-0.05, 0) is 32.6 Å². The summed E-state index contributed by atoms with van der Waals surface area (Å²) in [6, 6.07) is 0.0586. The Morgan fingerprint density at radius 1 is 1.67 bits per heavy atom. The molecule has 1 amide bonds. The normalized spacial score (nSPS) is 24.3. The largest absolute Gasteiger partial charge is 0.341 e. The first-order chi connectivity index (χ1) is 7.19. The Morgan fingerprint density at radius 3 is 3.00 bits per heavy atom. The first kappa shape index (κ1) is 12.8. The molecule has 1 rings (SSSR count). The molecule has 1 aliphatic rings. The fourth-order valence-corrected chi connectivity index (χ4v) is 2.23. The number of likely N-dealkylation sites (tertiary alicyclic amines) is 1. The number of hydrogen-bond acceptors (Lipinski definition) is 3. The van der Waals surface area contributed by atoms with Gasteiger partial charge in [0.1, 0.15) is 0 Å². The highest BCUT2D eigenvalue weighted by Gasteiger charge is 2.26. The Balaban J connectivity index is 2.37. The van der Waals surface area contributed by atoms with Gasteiger partial charge in [0.25, 0.3) is 0 Å². The second-order valence-corrected chi connectivity index (χ2v) is 5.42. The molecule has 88 valence electrons. The molecule has 0 aliphatic carbocycles. The summed E-state index contributed by atoms with van der Waals surface area (Å²) >= 11 is 1.87. The summed E-state index contributed by atoms with van der Waals surface area (Å²) in [5.41, 5.74) is 0. The van der Waals surface area contributed by atoms with Gasteiger partial charge >= 0.3 is 0 Å². The number of likely N-dealkylation sites (N-methyl/N-ethyl adjacent to an activating group) is 1. The number of carbonyl (C=O) groups is 1. The molecule has 1 heterocycles. The van der Waals surface area contributed by atoms with Gasteiger partial charge in [-0.15, -0.1) is 0 Å². The van der Waals surface area contributed by atoms with Crippen LogP contribution in [-0.4, -0.2) is 48.5 Å². The standard InChI is InChI=1S/C11H22N2OS/c1-9(15-3)6-8-13-7-4-5-10(12-2)11(13)14/h9-10,12H,4-8H2,1-3H3. The topological polar surface area (TPSA) is 32.3 Å². The number of amides is 1. The first-order valence-electron chi connectivity index (χ1n) is 5.68. The molecule has 0 aromatic carbocycles. The van der Waals surface area contributed by atoms with E-state index in [2.05, 4.69) is 18.5 Å². The van der Waals surface area contributed by atoms with E-state index in [1.807, 2.05) is 23.7 Å². The predicted octanol–water partition coefficient (Wildman–Crippen LogP) is 1.34. The molecule has 15 heavy (non-hydrogen) atoms. The molecule has 0 spiro atoms. The van der Waals surface area contributed by atoms with Gasteiger partial charge < -0.3 is 10.2 Å². The molecule has 1 fully saturated rings. The lowest BCUT2D eigenvalue weighted by Gasteiger charge is -2.32. The molecule has 4 heteroatoms. The summed E-state index contributed by atoms with van der Waals surface area (Å²) in [7, 11) is 1.87. The van der Waals surface area contributed by atoms with Crippen molar-refractivity contribution < 1.29 is 4.79 Å². The Labute approximate surface area is 97.0 Å². The zero-order valence-corrected chi connectivity index (χ0v) is 10.8. The van der Waals surface area contributed by atoms with E-state index in [0.717, 1.165) is 32.4 Å². The van der Waals surface area contributed by atoms with E-state index in [1.165, 1.54) is 0 Å². The molecule has 1 N–H and O–H groups in total. The second-order valence-electron chi connectivity index (χ2n) is 4.14. The van der Waals surface area contributed by atoms with Crippen molar-refractivity contribution in [3.05, 3.63) is 0 Å². The number of hydrogen-bond donors (Lipinski definition) is 1. The molecule has 0 aromatic rings. The summed E-state index contributed by atoms with van der Waals surface area (Å²) in [5.74, 6) is 0.289. The average molecular weight is 230 g/mol. The number of carbonyl (C=O) groups excluding carboxylic acids is 1. The monoisotopic (exact) mass is 230 g/mol. The molecule has 0 saturated carbocycles. The van der Waals surface area contributed by atoms with Crippen molar-refractivity contribution in [3.63, 3.8) is 0 Å². The summed E-state index contributed by atoms with van der Waals surface area (Å²) in [6.45, 7) is 4.08. The van der Waals surface area contributed by atoms with E-state index in [4.69, 9.17) is 0 Å². The number of nitrogens with zero attached hydrogens (tertiary/aromatic N) is 1. The fourth-order valence-electron chi connectivity index (χ4n) is 1.89. The van der Waals surface area contributed by atoms with Crippen LogP contribution in [0.3, 0.4) is 0 Å². The van der Waals surface area contributed by atoms with Crippen molar-refractivity contribution >= 4 is 17.7 Å². The molecule has 2 unspecified atom stereocenters. The molecule has 1 saturated heterocycles. The lowest BCUT2D eigenvalue weighted by Crippen LogP contribution is -2.50. The minimum absolute atomic E-state index is 0.0586. The van der Waals surface area contributed by atoms with E-state index in [1.54, 1.807) is 0 Å². The van der Waals surface area contributed by atoms with Gasteiger partial charge in [0.2, 0.25) is 5.91 Å². The molecule has 0 bridgehead atoms. The Bertz CT molecular complexity index is 211. The van der Waals surface area contributed by atoms with Gasteiger partial charge in [0.05, 0.1) is 6.04 Å². The summed E-state index contributed by atoms with van der Waals surface area (Å²) in [6.07, 6.45) is 5.34. The SMILES string of the molecule is CNC1CCCN(CCC(C)SC)C1=O. The van der Waals surface area contributed by atoms with E-state index < -0.39 is 0 Å². The van der Waals surface area contributed by atoms with Crippen LogP contribution in [0.25, 0.3) is 0 Å². The molecular weight excluding hydrogens is 208 g/mol. The van der Waals surface area contributed by atoms with Gasteiger partial charge in [-0.2, -0.15) is 11.8 Å². The molecule has 2 atom stereocenters. The third-order valence-electron chi connectivity index (χ3n) is 3.09. The van der Waals surface area contributed by atoms with Crippen molar-refractivity contribution in [3.8, 4) is 0 Å². The van der Waals surface area contributed by atoms with Crippen molar-refractivity contribution in [1.29, 1.82) is 0 Å². The number of thioether (sulfide) groups is 1. The van der Waals surface area contributed by atoms with Crippen LogP contribution < -0.4 is 5.32 Å². The Kier molecular flexibility index (Phi) is 5.47. The summed E-state index contributed by atoms with van der Waals surface area (Å²) in [4.78, 5) is 13.9. The van der Waals surface area contributed by atoms with Crippen molar-refractivity contribution in [1.82, 2.24) is 10.2 Å². The van der Waals surface area contributed by atoms with E-state index in [0.29, 0.717) is 5.25 Å². The van der Waals surface area contributed by atoms with E-state index in [9.17, 15) is 4.79 Å². The maximum Gasteiger partial charge on any atom is 0.239 e. The number of piperidine rings is 1. The maximum absolute atomic E-state index is 11.9. The quantitative estimate of drug-likeness (QED) is 0.773.